The summed E-state index contributed by atoms with van der Waals surface area (Å²) < 4.78 is 17.2. The summed E-state index contributed by atoms with van der Waals surface area (Å²) in [7, 11) is -1.26. The summed E-state index contributed by atoms with van der Waals surface area (Å²) in [6.07, 6.45) is 2.27. The van der Waals surface area contributed by atoms with E-state index < -0.39 is 14.2 Å². The minimum Gasteiger partial charge on any atom is -0.427 e. The molecular weight excluding hydrogens is 218 g/mol. The van der Waals surface area contributed by atoms with E-state index in [4.69, 9.17) is 14.0 Å². The van der Waals surface area contributed by atoms with Crippen molar-refractivity contribution in [2.24, 2.45) is 0 Å². The smallest absolute Gasteiger partial charge is 0.427 e. The van der Waals surface area contributed by atoms with Gasteiger partial charge in [0.15, 0.2) is 0 Å². The van der Waals surface area contributed by atoms with Crippen molar-refractivity contribution < 1.29 is 19.0 Å². The van der Waals surface area contributed by atoms with Crippen molar-refractivity contribution in [3.05, 3.63) is 12.7 Å². The predicted molar refractivity (Wildman–Crippen MR) is 67.5 cm³/mol. The first-order chi connectivity index (χ1) is 7.77. The van der Waals surface area contributed by atoms with E-state index in [0.29, 0.717) is 6.42 Å². The van der Waals surface area contributed by atoms with Gasteiger partial charge in [-0.25, -0.2) is 0 Å². The number of hydrogen-bond donors (Lipinski definition) is 1. The van der Waals surface area contributed by atoms with Gasteiger partial charge in [-0.1, -0.05) is 6.08 Å². The first kappa shape index (κ1) is 13.1. The van der Waals surface area contributed by atoms with E-state index in [1.54, 1.807) is 6.08 Å². The van der Waals surface area contributed by atoms with Crippen LogP contribution >= 0.6 is 0 Å². The molecule has 17 heavy (non-hydrogen) atoms. The zero-order chi connectivity index (χ0) is 12.8. The molecule has 2 heterocycles. The van der Waals surface area contributed by atoms with Gasteiger partial charge >= 0.3 is 14.2 Å². The topological polar surface area (TPSA) is 47.9 Å². The Morgan fingerprint density at radius 3 is 2.18 bits per heavy atom. The van der Waals surface area contributed by atoms with E-state index in [1.807, 2.05) is 27.7 Å². The quantitative estimate of drug-likeness (QED) is 0.584. The van der Waals surface area contributed by atoms with Crippen LogP contribution in [-0.4, -0.2) is 36.6 Å². The lowest BCUT2D eigenvalue weighted by Crippen LogP contribution is -2.41. The molecule has 2 saturated heterocycles. The van der Waals surface area contributed by atoms with E-state index in [1.165, 1.54) is 0 Å². The molecule has 0 aromatic rings. The summed E-state index contributed by atoms with van der Waals surface area (Å²) in [4.78, 5) is 0. The van der Waals surface area contributed by atoms with E-state index in [-0.39, 0.29) is 23.0 Å². The van der Waals surface area contributed by atoms with E-state index in [9.17, 15) is 5.02 Å². The Morgan fingerprint density at radius 1 is 1.24 bits per heavy atom. The standard InChI is InChI=1S/C11H20B2O4/c1-6-8-7-9(12(14)15-8)13-16-10(2,3)11(4,5)17-13/h6,8-9,14H,1,7H2,2-5H3. The maximum atomic E-state index is 9.86. The molecule has 0 aromatic carbocycles. The Kier molecular flexibility index (Phi) is 3.19. The van der Waals surface area contributed by atoms with Gasteiger partial charge in [0, 0.05) is 5.72 Å². The van der Waals surface area contributed by atoms with Crippen molar-refractivity contribution in [3.63, 3.8) is 0 Å². The molecule has 0 aromatic heterocycles. The molecule has 0 bridgehead atoms. The first-order valence-electron chi connectivity index (χ1n) is 6.08. The molecule has 94 valence electrons. The van der Waals surface area contributed by atoms with Gasteiger partial charge in [0.25, 0.3) is 0 Å². The van der Waals surface area contributed by atoms with Crippen molar-refractivity contribution in [1.29, 1.82) is 0 Å². The highest BCUT2D eigenvalue weighted by molar-refractivity contribution is 6.68. The molecular formula is C11H20B2O4. The molecule has 1 N–H and O–H groups in total. The van der Waals surface area contributed by atoms with Crippen LogP contribution in [0.3, 0.4) is 0 Å². The fourth-order valence-electron chi connectivity index (χ4n) is 2.18. The molecule has 2 unspecified atom stereocenters. The van der Waals surface area contributed by atoms with Crippen LogP contribution < -0.4 is 0 Å². The molecule has 6 heteroatoms. The highest BCUT2D eigenvalue weighted by Gasteiger charge is 2.58. The third-order valence-corrected chi connectivity index (χ3v) is 4.07. The second-order valence-corrected chi connectivity index (χ2v) is 5.83. The maximum Gasteiger partial charge on any atom is 0.458 e. The van der Waals surface area contributed by atoms with Crippen molar-refractivity contribution in [2.75, 3.05) is 0 Å². The van der Waals surface area contributed by atoms with Crippen molar-refractivity contribution in [2.45, 2.75) is 57.1 Å². The zero-order valence-corrected chi connectivity index (χ0v) is 11.0. The Balaban J connectivity index is 2.09. The summed E-state index contributed by atoms with van der Waals surface area (Å²) in [6.45, 7) is 11.7. The normalized spacial score (nSPS) is 35.4. The Morgan fingerprint density at radius 2 is 1.76 bits per heavy atom. The molecule has 2 rings (SSSR count). The van der Waals surface area contributed by atoms with Crippen molar-refractivity contribution in [1.82, 2.24) is 0 Å². The van der Waals surface area contributed by atoms with E-state index in [2.05, 4.69) is 6.58 Å². The van der Waals surface area contributed by atoms with Crippen LogP contribution in [0.4, 0.5) is 0 Å². The lowest BCUT2D eigenvalue weighted by atomic mass is 9.52. The average Bonchev–Trinajstić information content (AvgIpc) is 2.66. The fourth-order valence-corrected chi connectivity index (χ4v) is 2.18. The van der Waals surface area contributed by atoms with Gasteiger partial charge in [-0.15, -0.1) is 6.58 Å². The molecule has 4 nitrogen and oxygen atoms in total. The monoisotopic (exact) mass is 238 g/mol. The summed E-state index contributed by atoms with van der Waals surface area (Å²) in [5.41, 5.74) is -0.896. The average molecular weight is 238 g/mol. The molecule has 0 saturated carbocycles. The first-order valence-corrected chi connectivity index (χ1v) is 6.08. The van der Waals surface area contributed by atoms with Gasteiger partial charge in [-0.05, 0) is 34.1 Å². The van der Waals surface area contributed by atoms with Crippen LogP contribution in [0.5, 0.6) is 0 Å². The molecule has 2 aliphatic rings. The third kappa shape index (κ3) is 2.19. The third-order valence-electron chi connectivity index (χ3n) is 4.07. The van der Waals surface area contributed by atoms with E-state index >= 15 is 0 Å². The van der Waals surface area contributed by atoms with Crippen LogP contribution in [0.25, 0.3) is 0 Å². The highest BCUT2D eigenvalue weighted by Crippen LogP contribution is 2.43. The molecule has 2 fully saturated rings. The predicted octanol–water partition coefficient (Wildman–Crippen LogP) is 1.44. The Hall–Kier alpha value is -0.290. The van der Waals surface area contributed by atoms with Gasteiger partial charge in [0.1, 0.15) is 0 Å². The Labute approximate surface area is 104 Å². The summed E-state index contributed by atoms with van der Waals surface area (Å²) in [6, 6.07) is 0. The van der Waals surface area contributed by atoms with Gasteiger partial charge in [-0.3, -0.25) is 0 Å². The maximum absolute atomic E-state index is 9.86. The van der Waals surface area contributed by atoms with Crippen LogP contribution in [0.2, 0.25) is 5.72 Å². The summed E-state index contributed by atoms with van der Waals surface area (Å²) >= 11 is 0. The zero-order valence-electron chi connectivity index (χ0n) is 11.0. The van der Waals surface area contributed by atoms with Crippen LogP contribution in [0.1, 0.15) is 34.1 Å². The fraction of sp³-hybridized carbons (Fsp3) is 0.818. The van der Waals surface area contributed by atoms with Crippen LogP contribution in [0, 0.1) is 0 Å². The minimum absolute atomic E-state index is 0.117. The van der Waals surface area contributed by atoms with Crippen LogP contribution in [0.15, 0.2) is 12.7 Å². The summed E-state index contributed by atoms with van der Waals surface area (Å²) in [5, 5.41) is 9.86. The van der Waals surface area contributed by atoms with Gasteiger partial charge in [0.2, 0.25) is 0 Å². The molecule has 2 atom stereocenters. The molecule has 0 aliphatic carbocycles. The Bertz CT molecular complexity index is 303. The van der Waals surface area contributed by atoms with Gasteiger partial charge in [0.05, 0.1) is 17.3 Å². The van der Waals surface area contributed by atoms with Crippen LogP contribution in [-0.2, 0) is 14.0 Å². The number of hydrogen-bond acceptors (Lipinski definition) is 4. The molecule has 0 radical (unpaired) electrons. The molecule has 2 aliphatic heterocycles. The van der Waals surface area contributed by atoms with E-state index in [0.717, 1.165) is 0 Å². The van der Waals surface area contributed by atoms with Gasteiger partial charge in [-0.2, -0.15) is 0 Å². The second-order valence-electron chi connectivity index (χ2n) is 5.83. The number of rotatable bonds is 2. The lowest BCUT2D eigenvalue weighted by molar-refractivity contribution is 0.00578. The second kappa shape index (κ2) is 4.12. The largest absolute Gasteiger partial charge is 0.458 e. The molecule has 0 amide bonds. The highest BCUT2D eigenvalue weighted by atomic mass is 16.7. The van der Waals surface area contributed by atoms with Crippen molar-refractivity contribution in [3.8, 4) is 0 Å². The van der Waals surface area contributed by atoms with Crippen molar-refractivity contribution >= 4 is 14.2 Å². The lowest BCUT2D eigenvalue weighted by Gasteiger charge is -2.32. The molecule has 0 spiro atoms. The minimum atomic E-state index is -0.840. The van der Waals surface area contributed by atoms with Gasteiger partial charge < -0.3 is 19.0 Å². The SMILES string of the molecule is C=CC1CC(B2OC(C)(C)C(C)(C)O2)B(O)O1. The summed E-state index contributed by atoms with van der Waals surface area (Å²) in [5.74, 6) is 0.